The number of ether oxygens (including phenoxy) is 4. The van der Waals surface area contributed by atoms with E-state index in [4.69, 9.17) is 30.5 Å². The van der Waals surface area contributed by atoms with Crippen molar-refractivity contribution in [3.05, 3.63) is 77.9 Å². The molecule has 0 atom stereocenters. The molecular formula is C25H21ClN2O5. The van der Waals surface area contributed by atoms with Crippen LogP contribution in [0.25, 0.3) is 10.9 Å². The number of nitrogens with one attached hydrogen (secondary N) is 1. The zero-order valence-corrected chi connectivity index (χ0v) is 18.8. The molecule has 33 heavy (non-hydrogen) atoms. The minimum absolute atomic E-state index is 0.126. The van der Waals surface area contributed by atoms with E-state index in [1.807, 2.05) is 6.07 Å². The molecule has 0 saturated heterocycles. The molecule has 1 aromatic heterocycles. The Kier molecular flexibility index (Phi) is 6.80. The summed E-state index contributed by atoms with van der Waals surface area (Å²) in [5.41, 5.74) is 1.37. The fourth-order valence-electron chi connectivity index (χ4n) is 3.15. The highest BCUT2D eigenvalue weighted by molar-refractivity contribution is 6.30. The van der Waals surface area contributed by atoms with Gasteiger partial charge in [0, 0.05) is 28.4 Å². The number of hydrogen-bond donors (Lipinski definition) is 1. The largest absolute Gasteiger partial charge is 0.493 e. The van der Waals surface area contributed by atoms with Crippen LogP contribution in [0.5, 0.6) is 28.7 Å². The van der Waals surface area contributed by atoms with Crippen LogP contribution >= 0.6 is 11.6 Å². The lowest BCUT2D eigenvalue weighted by Gasteiger charge is -2.13. The predicted octanol–water partition coefficient (Wildman–Crippen LogP) is 5.72. The van der Waals surface area contributed by atoms with Crippen molar-refractivity contribution in [3.63, 3.8) is 0 Å². The number of amides is 1. The maximum Gasteiger partial charge on any atom is 0.262 e. The van der Waals surface area contributed by atoms with Gasteiger partial charge in [-0.2, -0.15) is 0 Å². The molecule has 0 aliphatic rings. The Morgan fingerprint density at radius 3 is 2.24 bits per heavy atom. The third-order valence-electron chi connectivity index (χ3n) is 4.76. The summed E-state index contributed by atoms with van der Waals surface area (Å²) < 4.78 is 22.3. The second-order valence-corrected chi connectivity index (χ2v) is 7.39. The second kappa shape index (κ2) is 10.1. The van der Waals surface area contributed by atoms with Crippen LogP contribution in [0, 0.1) is 0 Å². The molecular weight excluding hydrogens is 444 g/mol. The van der Waals surface area contributed by atoms with Gasteiger partial charge in [-0.05, 0) is 60.7 Å². The van der Waals surface area contributed by atoms with E-state index in [9.17, 15) is 4.79 Å². The summed E-state index contributed by atoms with van der Waals surface area (Å²) >= 11 is 5.85. The van der Waals surface area contributed by atoms with Gasteiger partial charge >= 0.3 is 0 Å². The van der Waals surface area contributed by atoms with Gasteiger partial charge in [0.1, 0.15) is 17.2 Å². The summed E-state index contributed by atoms with van der Waals surface area (Å²) in [5.74, 6) is 2.68. The van der Waals surface area contributed by atoms with Crippen molar-refractivity contribution in [1.29, 1.82) is 0 Å². The SMILES string of the molecule is COc1cc2nccc(Oc3ccc(OCC(=O)Nc4ccc(Cl)cc4)cc3)c2cc1OC. The molecule has 4 rings (SSSR count). The normalized spacial score (nSPS) is 10.5. The summed E-state index contributed by atoms with van der Waals surface area (Å²) in [7, 11) is 3.16. The molecule has 168 valence electrons. The zero-order chi connectivity index (χ0) is 23.2. The summed E-state index contributed by atoms with van der Waals surface area (Å²) in [6, 6.07) is 19.3. The maximum absolute atomic E-state index is 12.1. The number of rotatable bonds is 8. The van der Waals surface area contributed by atoms with Crippen molar-refractivity contribution < 1.29 is 23.7 Å². The fraction of sp³-hybridized carbons (Fsp3) is 0.120. The van der Waals surface area contributed by atoms with E-state index in [0.717, 1.165) is 10.9 Å². The van der Waals surface area contributed by atoms with Gasteiger partial charge in [-0.15, -0.1) is 0 Å². The minimum atomic E-state index is -0.273. The summed E-state index contributed by atoms with van der Waals surface area (Å²) in [5, 5.41) is 4.13. The number of carbonyl (C=O) groups excluding carboxylic acids is 1. The van der Waals surface area contributed by atoms with Gasteiger partial charge in [-0.3, -0.25) is 9.78 Å². The van der Waals surface area contributed by atoms with Crippen molar-refractivity contribution in [2.45, 2.75) is 0 Å². The number of nitrogens with zero attached hydrogens (tertiary/aromatic N) is 1. The average Bonchev–Trinajstić information content (AvgIpc) is 2.84. The molecule has 0 bridgehead atoms. The van der Waals surface area contributed by atoms with Crippen molar-refractivity contribution in [3.8, 4) is 28.7 Å². The molecule has 0 fully saturated rings. The number of halogens is 1. The Morgan fingerprint density at radius 1 is 0.879 bits per heavy atom. The Morgan fingerprint density at radius 2 is 1.55 bits per heavy atom. The molecule has 0 unspecified atom stereocenters. The number of carbonyl (C=O) groups is 1. The molecule has 0 aliphatic heterocycles. The second-order valence-electron chi connectivity index (χ2n) is 6.95. The van der Waals surface area contributed by atoms with E-state index >= 15 is 0 Å². The van der Waals surface area contributed by atoms with Gasteiger partial charge in [-0.1, -0.05) is 11.6 Å². The number of hydrogen-bond acceptors (Lipinski definition) is 6. The third-order valence-corrected chi connectivity index (χ3v) is 5.01. The quantitative estimate of drug-likeness (QED) is 0.359. The van der Waals surface area contributed by atoms with E-state index in [0.29, 0.717) is 39.5 Å². The molecule has 0 saturated carbocycles. The first-order chi connectivity index (χ1) is 16.1. The van der Waals surface area contributed by atoms with Crippen LogP contribution in [0.3, 0.4) is 0 Å². The zero-order valence-electron chi connectivity index (χ0n) is 18.0. The number of pyridine rings is 1. The molecule has 0 spiro atoms. The lowest BCUT2D eigenvalue weighted by molar-refractivity contribution is -0.118. The number of benzene rings is 3. The Labute approximate surface area is 195 Å². The smallest absolute Gasteiger partial charge is 0.262 e. The first-order valence-electron chi connectivity index (χ1n) is 10.0. The Balaban J connectivity index is 1.41. The van der Waals surface area contributed by atoms with Crippen LogP contribution in [-0.2, 0) is 4.79 Å². The lowest BCUT2D eigenvalue weighted by atomic mass is 10.2. The Bertz CT molecular complexity index is 1260. The Hall–Kier alpha value is -3.97. The third kappa shape index (κ3) is 5.45. The van der Waals surface area contributed by atoms with Crippen LogP contribution in [0.1, 0.15) is 0 Å². The van der Waals surface area contributed by atoms with Crippen molar-refractivity contribution in [1.82, 2.24) is 4.98 Å². The van der Waals surface area contributed by atoms with Crippen molar-refractivity contribution >= 4 is 34.1 Å². The topological polar surface area (TPSA) is 78.9 Å². The highest BCUT2D eigenvalue weighted by Gasteiger charge is 2.11. The fourth-order valence-corrected chi connectivity index (χ4v) is 3.27. The van der Waals surface area contributed by atoms with Crippen LogP contribution in [0.2, 0.25) is 5.02 Å². The first-order valence-corrected chi connectivity index (χ1v) is 10.4. The highest BCUT2D eigenvalue weighted by atomic mass is 35.5. The lowest BCUT2D eigenvalue weighted by Crippen LogP contribution is -2.20. The van der Waals surface area contributed by atoms with Crippen molar-refractivity contribution in [2.24, 2.45) is 0 Å². The van der Waals surface area contributed by atoms with Crippen molar-refractivity contribution in [2.75, 3.05) is 26.1 Å². The molecule has 4 aromatic rings. The van der Waals surface area contributed by atoms with Crippen LogP contribution in [0.4, 0.5) is 5.69 Å². The van der Waals surface area contributed by atoms with E-state index in [1.165, 1.54) is 0 Å². The van der Waals surface area contributed by atoms with Gasteiger partial charge < -0.3 is 24.3 Å². The molecule has 0 aliphatic carbocycles. The van der Waals surface area contributed by atoms with Gasteiger partial charge in [0.2, 0.25) is 0 Å². The number of methoxy groups -OCH3 is 2. The standard InChI is InChI=1S/C25H21ClN2O5/c1-30-23-13-20-21(14-24(23)31-2)27-12-11-22(20)33-19-9-7-18(8-10-19)32-15-25(29)28-17-5-3-16(26)4-6-17/h3-14H,15H2,1-2H3,(H,28,29). The van der Waals surface area contributed by atoms with E-state index in [-0.39, 0.29) is 12.5 Å². The highest BCUT2D eigenvalue weighted by Crippen LogP contribution is 2.37. The summed E-state index contributed by atoms with van der Waals surface area (Å²) in [6.07, 6.45) is 1.67. The molecule has 3 aromatic carbocycles. The molecule has 7 nitrogen and oxygen atoms in total. The van der Waals surface area contributed by atoms with Gasteiger partial charge in [-0.25, -0.2) is 0 Å². The average molecular weight is 465 g/mol. The van der Waals surface area contributed by atoms with E-state index in [2.05, 4.69) is 10.3 Å². The minimum Gasteiger partial charge on any atom is -0.493 e. The van der Waals surface area contributed by atoms with Gasteiger partial charge in [0.15, 0.2) is 18.1 Å². The summed E-state index contributed by atoms with van der Waals surface area (Å²) in [4.78, 5) is 16.5. The number of aromatic nitrogens is 1. The molecule has 1 N–H and O–H groups in total. The monoisotopic (exact) mass is 464 g/mol. The van der Waals surface area contributed by atoms with Crippen LogP contribution in [0.15, 0.2) is 72.9 Å². The van der Waals surface area contributed by atoms with Gasteiger partial charge in [0.05, 0.1) is 19.7 Å². The number of fused-ring (bicyclic) bond motifs is 1. The van der Waals surface area contributed by atoms with E-state index < -0.39 is 0 Å². The molecule has 1 amide bonds. The number of anilines is 1. The van der Waals surface area contributed by atoms with Gasteiger partial charge in [0.25, 0.3) is 5.91 Å². The summed E-state index contributed by atoms with van der Waals surface area (Å²) in [6.45, 7) is -0.126. The molecule has 1 heterocycles. The van der Waals surface area contributed by atoms with Crippen LogP contribution in [-0.4, -0.2) is 31.7 Å². The van der Waals surface area contributed by atoms with E-state index in [1.54, 1.807) is 81.1 Å². The maximum atomic E-state index is 12.1. The molecule has 0 radical (unpaired) electrons. The predicted molar refractivity (Wildman–Crippen MR) is 127 cm³/mol. The van der Waals surface area contributed by atoms with Crippen LogP contribution < -0.4 is 24.3 Å². The molecule has 8 heteroatoms. The first kappa shape index (κ1) is 22.2.